The maximum atomic E-state index is 6.59. The number of furan rings is 1. The summed E-state index contributed by atoms with van der Waals surface area (Å²) in [6.45, 7) is 0. The van der Waals surface area contributed by atoms with E-state index in [1.165, 1.54) is 21.5 Å². The molecule has 4 heterocycles. The predicted octanol–water partition coefficient (Wildman–Crippen LogP) is 11.3. The first-order valence-electron chi connectivity index (χ1n) is 15.8. The molecule has 0 spiro atoms. The van der Waals surface area contributed by atoms with Crippen LogP contribution in [-0.4, -0.2) is 14.5 Å². The first-order valence-corrected chi connectivity index (χ1v) is 15.8. The van der Waals surface area contributed by atoms with Crippen LogP contribution in [0.1, 0.15) is 0 Å². The van der Waals surface area contributed by atoms with Crippen LogP contribution in [0, 0.1) is 0 Å². The number of hydrogen-bond donors (Lipinski definition) is 0. The number of benzene rings is 7. The molecule has 0 saturated carbocycles. The highest BCUT2D eigenvalue weighted by Crippen LogP contribution is 2.44. The largest absolute Gasteiger partial charge is 0.456 e. The Hall–Kier alpha value is -6.46. The van der Waals surface area contributed by atoms with Gasteiger partial charge in [0.2, 0.25) is 0 Å². The van der Waals surface area contributed by atoms with Crippen molar-refractivity contribution >= 4 is 76.6 Å². The Morgan fingerprint density at radius 1 is 0.447 bits per heavy atom. The molecule has 0 aliphatic heterocycles. The lowest BCUT2D eigenvalue weighted by Crippen LogP contribution is -1.96. The third-order valence-corrected chi connectivity index (χ3v) is 9.57. The number of nitrogens with zero attached hydrogens (tertiary/aromatic N) is 3. The predicted molar refractivity (Wildman–Crippen MR) is 190 cm³/mol. The molecule has 11 rings (SSSR count). The topological polar surface area (TPSA) is 57.0 Å². The Bertz CT molecular complexity index is 2900. The molecule has 47 heavy (non-hydrogen) atoms. The zero-order chi connectivity index (χ0) is 30.6. The van der Waals surface area contributed by atoms with E-state index >= 15 is 0 Å². The Kier molecular flexibility index (Phi) is 4.78. The summed E-state index contributed by atoms with van der Waals surface area (Å²) in [7, 11) is 0. The van der Waals surface area contributed by atoms with Crippen molar-refractivity contribution in [1.29, 1.82) is 0 Å². The average molecular weight is 602 g/mol. The number of hydrogen-bond acceptors (Lipinski definition) is 4. The summed E-state index contributed by atoms with van der Waals surface area (Å²) in [6, 6.07) is 48.3. The summed E-state index contributed by atoms with van der Waals surface area (Å²) >= 11 is 0. The molecule has 7 aromatic carbocycles. The van der Waals surface area contributed by atoms with Gasteiger partial charge in [-0.3, -0.25) is 0 Å². The quantitative estimate of drug-likeness (QED) is 0.202. The van der Waals surface area contributed by atoms with Crippen LogP contribution in [0.5, 0.6) is 0 Å². The fourth-order valence-electron chi connectivity index (χ4n) is 7.52. The van der Waals surface area contributed by atoms with Crippen LogP contribution in [0.2, 0.25) is 0 Å². The van der Waals surface area contributed by atoms with Gasteiger partial charge < -0.3 is 13.4 Å². The molecular weight excluding hydrogens is 578 g/mol. The lowest BCUT2D eigenvalue weighted by molar-refractivity contribution is 0.664. The van der Waals surface area contributed by atoms with Gasteiger partial charge in [-0.25, -0.2) is 9.97 Å². The van der Waals surface area contributed by atoms with Gasteiger partial charge in [0.05, 0.1) is 11.0 Å². The van der Waals surface area contributed by atoms with E-state index in [-0.39, 0.29) is 0 Å². The second-order valence-corrected chi connectivity index (χ2v) is 12.2. The van der Waals surface area contributed by atoms with Crippen molar-refractivity contribution in [1.82, 2.24) is 14.5 Å². The van der Waals surface area contributed by atoms with Crippen molar-refractivity contribution in [2.24, 2.45) is 0 Å². The Balaban J connectivity index is 1.16. The summed E-state index contributed by atoms with van der Waals surface area (Å²) in [5, 5.41) is 8.06. The van der Waals surface area contributed by atoms with Gasteiger partial charge in [-0.05, 0) is 71.4 Å². The molecule has 0 radical (unpaired) electrons. The number of aromatic nitrogens is 3. The molecule has 0 amide bonds. The lowest BCUT2D eigenvalue weighted by Gasteiger charge is -2.11. The first kappa shape index (κ1) is 24.8. The SMILES string of the molecule is c1ccc(-c2nc(-c3ccc(-n4c5ccc6cccc7oc8cccc9ccc4c(c98)c5c67)cc3)nc3c2oc2ccccc23)cc1. The van der Waals surface area contributed by atoms with Crippen LogP contribution < -0.4 is 0 Å². The van der Waals surface area contributed by atoms with E-state index in [4.69, 9.17) is 18.8 Å². The summed E-state index contributed by atoms with van der Waals surface area (Å²) in [4.78, 5) is 10.2. The second-order valence-electron chi connectivity index (χ2n) is 12.2. The van der Waals surface area contributed by atoms with Gasteiger partial charge >= 0.3 is 0 Å². The highest BCUT2D eigenvalue weighted by atomic mass is 16.3. The number of fused-ring (bicyclic) bond motifs is 3. The minimum atomic E-state index is 0.662. The van der Waals surface area contributed by atoms with E-state index in [0.717, 1.165) is 72.0 Å². The molecule has 218 valence electrons. The average Bonchev–Trinajstić information content (AvgIpc) is 3.63. The van der Waals surface area contributed by atoms with Gasteiger partial charge in [0, 0.05) is 43.7 Å². The molecule has 5 heteroatoms. The van der Waals surface area contributed by atoms with Crippen molar-refractivity contribution in [2.75, 3.05) is 0 Å². The molecule has 11 aromatic rings. The minimum absolute atomic E-state index is 0.662. The number of rotatable bonds is 3. The Morgan fingerprint density at radius 3 is 1.79 bits per heavy atom. The fourth-order valence-corrected chi connectivity index (χ4v) is 7.52. The monoisotopic (exact) mass is 601 g/mol. The maximum absolute atomic E-state index is 6.59. The summed E-state index contributed by atoms with van der Waals surface area (Å²) in [5.74, 6) is 0.662. The molecule has 0 bridgehead atoms. The fraction of sp³-hybridized carbons (Fsp3) is 0. The molecule has 0 fully saturated rings. The maximum Gasteiger partial charge on any atom is 0.180 e. The number of para-hydroxylation sites is 1. The van der Waals surface area contributed by atoms with E-state index in [1.54, 1.807) is 0 Å². The van der Waals surface area contributed by atoms with Gasteiger partial charge in [0.15, 0.2) is 11.4 Å². The van der Waals surface area contributed by atoms with Crippen LogP contribution in [0.25, 0.3) is 105 Å². The van der Waals surface area contributed by atoms with Crippen molar-refractivity contribution < 1.29 is 8.83 Å². The van der Waals surface area contributed by atoms with Crippen LogP contribution >= 0.6 is 0 Å². The van der Waals surface area contributed by atoms with Gasteiger partial charge in [-0.2, -0.15) is 0 Å². The molecule has 0 aliphatic carbocycles. The van der Waals surface area contributed by atoms with E-state index in [2.05, 4.69) is 108 Å². The lowest BCUT2D eigenvalue weighted by atomic mass is 10.00. The van der Waals surface area contributed by atoms with Crippen LogP contribution in [0.3, 0.4) is 0 Å². The normalized spacial score (nSPS) is 12.3. The summed E-state index contributed by atoms with van der Waals surface area (Å²) in [5.41, 5.74) is 10.2. The Morgan fingerprint density at radius 2 is 1.09 bits per heavy atom. The smallest absolute Gasteiger partial charge is 0.180 e. The highest BCUT2D eigenvalue weighted by Gasteiger charge is 2.22. The highest BCUT2D eigenvalue weighted by molar-refractivity contribution is 6.33. The summed E-state index contributed by atoms with van der Waals surface area (Å²) < 4.78 is 15.3. The van der Waals surface area contributed by atoms with E-state index < -0.39 is 0 Å². The van der Waals surface area contributed by atoms with Gasteiger partial charge in [0.1, 0.15) is 28.0 Å². The molecule has 0 unspecified atom stereocenters. The van der Waals surface area contributed by atoms with Crippen LogP contribution in [-0.2, 0) is 0 Å². The van der Waals surface area contributed by atoms with Gasteiger partial charge in [-0.1, -0.05) is 78.9 Å². The first-order chi connectivity index (χ1) is 23.3. The van der Waals surface area contributed by atoms with Crippen LogP contribution in [0.15, 0.2) is 148 Å². The molecule has 4 aromatic heterocycles. The van der Waals surface area contributed by atoms with Crippen molar-refractivity contribution in [2.45, 2.75) is 0 Å². The van der Waals surface area contributed by atoms with E-state index in [9.17, 15) is 0 Å². The van der Waals surface area contributed by atoms with Gasteiger partial charge in [0.25, 0.3) is 0 Å². The third kappa shape index (κ3) is 3.37. The summed E-state index contributed by atoms with van der Waals surface area (Å²) in [6.07, 6.45) is 0. The second kappa shape index (κ2) is 9.05. The van der Waals surface area contributed by atoms with Crippen molar-refractivity contribution in [3.8, 4) is 28.3 Å². The molecular formula is C42H23N3O2. The third-order valence-electron chi connectivity index (χ3n) is 9.57. The standard InChI is InChI=1S/C42H23N3O2/c1-2-8-26(9-3-1)39-41-40(29-12-4-5-13-32(29)47-41)44-42(43-39)27-16-20-28(21-17-27)45-30-22-18-24-10-6-14-33-35(24)37(30)38-31(45)23-19-25-11-7-15-34(46-33)36(25)38/h1-23H. The zero-order valence-corrected chi connectivity index (χ0v) is 24.9. The molecule has 0 N–H and O–H groups in total. The minimum Gasteiger partial charge on any atom is -0.456 e. The van der Waals surface area contributed by atoms with Gasteiger partial charge in [-0.15, -0.1) is 0 Å². The molecule has 0 saturated heterocycles. The zero-order valence-electron chi connectivity index (χ0n) is 24.9. The van der Waals surface area contributed by atoms with E-state index in [1.807, 2.05) is 36.4 Å². The van der Waals surface area contributed by atoms with E-state index in [0.29, 0.717) is 11.4 Å². The Labute approximate surface area is 267 Å². The van der Waals surface area contributed by atoms with Crippen LogP contribution in [0.4, 0.5) is 0 Å². The molecule has 0 aliphatic rings. The molecule has 0 atom stereocenters. The van der Waals surface area contributed by atoms with Crippen molar-refractivity contribution in [3.63, 3.8) is 0 Å². The van der Waals surface area contributed by atoms with Crippen molar-refractivity contribution in [3.05, 3.63) is 140 Å². The molecule has 5 nitrogen and oxygen atoms in total.